The summed E-state index contributed by atoms with van der Waals surface area (Å²) in [7, 11) is 0. The molecule has 5 heteroatoms. The summed E-state index contributed by atoms with van der Waals surface area (Å²) in [6, 6.07) is 15.2. The van der Waals surface area contributed by atoms with E-state index in [-0.39, 0.29) is 5.02 Å². The van der Waals surface area contributed by atoms with Gasteiger partial charge in [0.25, 0.3) is 0 Å². The van der Waals surface area contributed by atoms with Crippen LogP contribution in [0.15, 0.2) is 48.5 Å². The summed E-state index contributed by atoms with van der Waals surface area (Å²) >= 11 is 14.1. The fraction of sp³-hybridized carbons (Fsp3) is 0.208. The van der Waals surface area contributed by atoms with E-state index in [2.05, 4.69) is 19.1 Å². The van der Waals surface area contributed by atoms with Crippen LogP contribution in [0.2, 0.25) is 10.0 Å². The molecule has 29 heavy (non-hydrogen) atoms. The van der Waals surface area contributed by atoms with Crippen molar-refractivity contribution >= 4 is 44.8 Å². The summed E-state index contributed by atoms with van der Waals surface area (Å²) in [6.45, 7) is 2.31. The number of aromatic nitrogens is 1. The quantitative estimate of drug-likeness (QED) is 0.285. The van der Waals surface area contributed by atoms with Crippen LogP contribution in [0.4, 0.5) is 4.39 Å². The van der Waals surface area contributed by atoms with E-state index < -0.39 is 5.82 Å². The Bertz CT molecular complexity index is 1230. The molecular weight excluding hydrogens is 424 g/mol. The van der Waals surface area contributed by atoms with Crippen LogP contribution in [0.25, 0.3) is 32.6 Å². The highest BCUT2D eigenvalue weighted by Gasteiger charge is 2.24. The van der Waals surface area contributed by atoms with E-state index in [0.717, 1.165) is 28.8 Å². The molecule has 1 unspecified atom stereocenters. The maximum Gasteiger partial charge on any atom is 0.142 e. The van der Waals surface area contributed by atoms with Gasteiger partial charge in [-0.3, -0.25) is 0 Å². The fourth-order valence-corrected chi connectivity index (χ4v) is 6.03. The van der Waals surface area contributed by atoms with Gasteiger partial charge in [-0.05, 0) is 60.1 Å². The summed E-state index contributed by atoms with van der Waals surface area (Å²) in [5.41, 5.74) is 4.92. The molecule has 2 heterocycles. The lowest BCUT2D eigenvalue weighted by Crippen LogP contribution is -2.08. The van der Waals surface area contributed by atoms with E-state index in [4.69, 9.17) is 28.2 Å². The van der Waals surface area contributed by atoms with E-state index >= 15 is 0 Å². The normalized spacial score (nSPS) is 16.2. The second-order valence-corrected chi connectivity index (χ2v) is 9.60. The van der Waals surface area contributed by atoms with Crippen molar-refractivity contribution in [1.82, 2.24) is 4.98 Å². The van der Waals surface area contributed by atoms with E-state index in [1.807, 2.05) is 24.3 Å². The largest absolute Gasteiger partial charge is 0.237 e. The molecule has 2 aromatic carbocycles. The lowest BCUT2D eigenvalue weighted by molar-refractivity contribution is 0.509. The van der Waals surface area contributed by atoms with E-state index in [1.54, 1.807) is 11.3 Å². The number of hydrogen-bond donors (Lipinski definition) is 0. The molecule has 1 aliphatic rings. The lowest BCUT2D eigenvalue weighted by atomic mass is 9.87. The average molecular weight is 442 g/mol. The third kappa shape index (κ3) is 3.35. The van der Waals surface area contributed by atoms with Gasteiger partial charge in [-0.1, -0.05) is 60.5 Å². The predicted octanol–water partition coefficient (Wildman–Crippen LogP) is 8.20. The van der Waals surface area contributed by atoms with E-state index in [0.29, 0.717) is 22.2 Å². The Kier molecular flexibility index (Phi) is 4.85. The zero-order valence-corrected chi connectivity index (χ0v) is 18.1. The van der Waals surface area contributed by atoms with Crippen LogP contribution in [0.3, 0.4) is 0 Å². The molecule has 2 aromatic heterocycles. The van der Waals surface area contributed by atoms with Crippen molar-refractivity contribution in [2.24, 2.45) is 5.92 Å². The number of nitrogens with zero attached hydrogens (tertiary/aromatic N) is 1. The number of fused-ring (bicyclic) bond motifs is 3. The molecule has 0 bridgehead atoms. The van der Waals surface area contributed by atoms with E-state index in [9.17, 15) is 4.39 Å². The van der Waals surface area contributed by atoms with Crippen LogP contribution in [-0.4, -0.2) is 4.98 Å². The first-order valence-corrected chi connectivity index (χ1v) is 11.2. The van der Waals surface area contributed by atoms with Crippen LogP contribution in [0.5, 0.6) is 0 Å². The summed E-state index contributed by atoms with van der Waals surface area (Å²) in [5.74, 6) is 0.198. The van der Waals surface area contributed by atoms with Crippen molar-refractivity contribution in [2.45, 2.75) is 26.2 Å². The van der Waals surface area contributed by atoms with Gasteiger partial charge >= 0.3 is 0 Å². The minimum absolute atomic E-state index is 0.0173. The average Bonchev–Trinajstić information content (AvgIpc) is 3.08. The topological polar surface area (TPSA) is 12.9 Å². The van der Waals surface area contributed by atoms with Gasteiger partial charge in [-0.2, -0.15) is 0 Å². The Morgan fingerprint density at radius 3 is 2.62 bits per heavy atom. The number of rotatable bonds is 2. The molecular formula is C24H18Cl2FNS. The van der Waals surface area contributed by atoms with E-state index in [1.165, 1.54) is 34.4 Å². The van der Waals surface area contributed by atoms with Crippen molar-refractivity contribution in [2.75, 3.05) is 0 Å². The van der Waals surface area contributed by atoms with Gasteiger partial charge in [-0.25, -0.2) is 9.37 Å². The fourth-order valence-electron chi connectivity index (χ4n) is 4.15. The molecule has 5 rings (SSSR count). The zero-order chi connectivity index (χ0) is 20.1. The second-order valence-electron chi connectivity index (χ2n) is 7.70. The van der Waals surface area contributed by atoms with Crippen molar-refractivity contribution in [1.29, 1.82) is 0 Å². The summed E-state index contributed by atoms with van der Waals surface area (Å²) in [5, 5.41) is 1.65. The summed E-state index contributed by atoms with van der Waals surface area (Å²) < 4.78 is 14.2. The number of benzene rings is 2. The first kappa shape index (κ1) is 19.0. The number of halogens is 3. The molecule has 1 aliphatic carbocycles. The highest BCUT2D eigenvalue weighted by Crippen LogP contribution is 2.44. The molecule has 0 saturated heterocycles. The SMILES string of the molecule is CC1CCc2c(sc3nc(-c4cc(F)c(Cl)cc4Cl)cc(-c4ccccc4)c23)C1. The number of aryl methyl sites for hydroxylation is 1. The number of hydrogen-bond acceptors (Lipinski definition) is 2. The van der Waals surface area contributed by atoms with Gasteiger partial charge in [0.05, 0.1) is 15.7 Å². The maximum absolute atomic E-state index is 14.2. The molecule has 146 valence electrons. The van der Waals surface area contributed by atoms with Crippen molar-refractivity contribution in [3.05, 3.63) is 74.8 Å². The minimum atomic E-state index is -0.492. The maximum atomic E-state index is 14.2. The molecule has 0 N–H and O–H groups in total. The molecule has 0 spiro atoms. The minimum Gasteiger partial charge on any atom is -0.237 e. The highest BCUT2D eigenvalue weighted by atomic mass is 35.5. The van der Waals surface area contributed by atoms with Gasteiger partial charge in [0.1, 0.15) is 10.6 Å². The monoisotopic (exact) mass is 441 g/mol. The van der Waals surface area contributed by atoms with Crippen LogP contribution in [0.1, 0.15) is 23.8 Å². The first-order valence-electron chi connectivity index (χ1n) is 9.67. The van der Waals surface area contributed by atoms with Gasteiger partial charge in [-0.15, -0.1) is 11.3 Å². The number of thiophene rings is 1. The van der Waals surface area contributed by atoms with Crippen LogP contribution in [-0.2, 0) is 12.8 Å². The smallest absolute Gasteiger partial charge is 0.142 e. The molecule has 4 aromatic rings. The predicted molar refractivity (Wildman–Crippen MR) is 122 cm³/mol. The molecule has 1 nitrogen and oxygen atoms in total. The zero-order valence-electron chi connectivity index (χ0n) is 15.8. The number of pyridine rings is 1. The van der Waals surface area contributed by atoms with Crippen molar-refractivity contribution in [3.8, 4) is 22.4 Å². The Hall–Kier alpha value is -1.94. The van der Waals surface area contributed by atoms with Gasteiger partial charge in [0.15, 0.2) is 0 Å². The first-order chi connectivity index (χ1) is 14.0. The van der Waals surface area contributed by atoms with Crippen molar-refractivity contribution < 1.29 is 4.39 Å². The van der Waals surface area contributed by atoms with Gasteiger partial charge < -0.3 is 0 Å². The Morgan fingerprint density at radius 2 is 1.83 bits per heavy atom. The van der Waals surface area contributed by atoms with Crippen LogP contribution < -0.4 is 0 Å². The third-order valence-corrected chi connectivity index (χ3v) is 7.39. The lowest BCUT2D eigenvalue weighted by Gasteiger charge is -2.18. The Balaban J connectivity index is 1.81. The Morgan fingerprint density at radius 1 is 1.03 bits per heavy atom. The Labute approximate surface area is 183 Å². The molecule has 0 fully saturated rings. The molecule has 0 amide bonds. The van der Waals surface area contributed by atoms with Crippen LogP contribution in [0, 0.1) is 11.7 Å². The highest BCUT2D eigenvalue weighted by molar-refractivity contribution is 7.19. The standard InChI is InChI=1S/C24H18Cl2FNS/c1-13-7-8-15-22(9-13)29-24-23(15)16(14-5-3-2-4-6-14)11-21(28-24)17-10-20(27)19(26)12-18(17)25/h2-6,10-13H,7-9H2,1H3. The summed E-state index contributed by atoms with van der Waals surface area (Å²) in [4.78, 5) is 7.34. The molecule has 0 aliphatic heterocycles. The van der Waals surface area contributed by atoms with Gasteiger partial charge in [0, 0.05) is 15.8 Å². The van der Waals surface area contributed by atoms with Gasteiger partial charge in [0.2, 0.25) is 0 Å². The molecule has 0 saturated carbocycles. The molecule has 1 atom stereocenters. The molecule has 0 radical (unpaired) electrons. The van der Waals surface area contributed by atoms with Crippen LogP contribution >= 0.6 is 34.5 Å². The third-order valence-electron chi connectivity index (χ3n) is 5.64. The summed E-state index contributed by atoms with van der Waals surface area (Å²) in [6.07, 6.45) is 3.37. The van der Waals surface area contributed by atoms with Crippen molar-refractivity contribution in [3.63, 3.8) is 0 Å². The second kappa shape index (κ2) is 7.39.